The summed E-state index contributed by atoms with van der Waals surface area (Å²) in [7, 11) is 1.79. The number of hydrogen-bond donors (Lipinski definition) is 4. The van der Waals surface area contributed by atoms with Crippen molar-refractivity contribution in [3.05, 3.63) is 160 Å². The zero-order valence-electron chi connectivity index (χ0n) is 35.1. The van der Waals surface area contributed by atoms with Crippen LogP contribution < -0.4 is 15.8 Å². The van der Waals surface area contributed by atoms with E-state index in [-0.39, 0.29) is 29.1 Å². The minimum Gasteiger partial charge on any atom is -0.506 e. The molecule has 320 valence electrons. The molecule has 0 bridgehead atoms. The molecule has 7 rings (SSSR count). The number of hydrogen-bond acceptors (Lipinski definition) is 8. The van der Waals surface area contributed by atoms with Crippen LogP contribution in [0.25, 0.3) is 22.0 Å². The summed E-state index contributed by atoms with van der Waals surface area (Å²) in [6, 6.07) is 39.6. The molecule has 62 heavy (non-hydrogen) atoms. The Labute approximate surface area is 362 Å². The molecule has 5 aromatic carbocycles. The third kappa shape index (κ3) is 11.6. The molecule has 1 aliphatic rings. The van der Waals surface area contributed by atoms with Gasteiger partial charge in [-0.1, -0.05) is 91.0 Å². The number of benzene rings is 5. The summed E-state index contributed by atoms with van der Waals surface area (Å²) in [5, 5.41) is 24.6. The van der Waals surface area contributed by atoms with Crippen LogP contribution in [0.4, 0.5) is 16.2 Å². The van der Waals surface area contributed by atoms with E-state index in [4.69, 9.17) is 4.74 Å². The summed E-state index contributed by atoms with van der Waals surface area (Å²) >= 11 is 0. The number of pyridine rings is 1. The van der Waals surface area contributed by atoms with E-state index < -0.39 is 12.2 Å². The van der Waals surface area contributed by atoms with Gasteiger partial charge in [0.25, 0.3) is 0 Å². The topological polar surface area (TPSA) is 152 Å². The number of aromatic hydroxyl groups is 1. The number of aliphatic hydroxyl groups is 1. The predicted molar refractivity (Wildman–Crippen MR) is 244 cm³/mol. The van der Waals surface area contributed by atoms with Crippen molar-refractivity contribution in [2.75, 3.05) is 36.9 Å². The minimum atomic E-state index is -0.743. The van der Waals surface area contributed by atoms with Crippen molar-refractivity contribution in [1.82, 2.24) is 9.88 Å². The number of aliphatic hydroxyl groups excluding tert-OH is 1. The molecule has 4 N–H and O–H groups in total. The summed E-state index contributed by atoms with van der Waals surface area (Å²) in [5.41, 5.74) is 7.24. The lowest BCUT2D eigenvalue weighted by atomic mass is 9.97. The number of nitrogens with zero attached hydrogens (tertiary/aromatic N) is 2. The molecular weight excluding hydrogens is 781 g/mol. The number of Topliss-reactive ketones (excluding diaryl/α,β-unsaturated/α-hetero) is 1. The number of para-hydroxylation sites is 1. The van der Waals surface area contributed by atoms with E-state index in [0.717, 1.165) is 59.4 Å². The fourth-order valence-electron chi connectivity index (χ4n) is 8.08. The van der Waals surface area contributed by atoms with Crippen LogP contribution in [0.1, 0.15) is 66.9 Å². The van der Waals surface area contributed by atoms with Crippen molar-refractivity contribution >= 4 is 40.1 Å². The Morgan fingerprint density at radius 2 is 1.48 bits per heavy atom. The second-order valence-electron chi connectivity index (χ2n) is 16.1. The van der Waals surface area contributed by atoms with Crippen LogP contribution in [0.15, 0.2) is 132 Å². The van der Waals surface area contributed by atoms with E-state index in [0.29, 0.717) is 73.6 Å². The fourth-order valence-corrected chi connectivity index (χ4v) is 8.08. The number of nitrogens with one attached hydrogen (secondary N) is 2. The van der Waals surface area contributed by atoms with E-state index >= 15 is 0 Å². The van der Waals surface area contributed by atoms with Gasteiger partial charge in [-0.2, -0.15) is 0 Å². The van der Waals surface area contributed by atoms with E-state index in [9.17, 15) is 29.4 Å². The van der Waals surface area contributed by atoms with Crippen LogP contribution in [0, 0.1) is 0 Å². The molecule has 0 unspecified atom stereocenters. The Morgan fingerprint density at radius 1 is 0.806 bits per heavy atom. The standard InChI is InChI=1S/C51H54N4O7/c1-54(49(60)30-33-55-31-28-41(29-32-55)62-51(61)52-45-12-6-5-11-42(45)38-9-3-2-4-10-38)39-21-18-36(19-22-39)20-23-40(56)34-37-16-14-35(15-17-37)8-7-13-46(57)43-24-26-47(58)50-44(43)25-27-48(59)53-50/h2-6,9-12,14-19,21-22,24-27,41,46,57-58H,7-8,13,20,23,28-34H2,1H3,(H,52,61)(H,53,59)/t46-/m0/s1. The molecule has 11 heteroatoms. The number of rotatable bonds is 17. The van der Waals surface area contributed by atoms with Gasteiger partial charge in [0, 0.05) is 68.6 Å². The molecule has 2 amide bonds. The monoisotopic (exact) mass is 834 g/mol. The summed E-state index contributed by atoms with van der Waals surface area (Å²) in [5.74, 6) is 0.146. The van der Waals surface area contributed by atoms with Gasteiger partial charge in [0.1, 0.15) is 17.6 Å². The highest BCUT2D eigenvalue weighted by Crippen LogP contribution is 2.31. The highest BCUT2D eigenvalue weighted by molar-refractivity contribution is 5.93. The lowest BCUT2D eigenvalue weighted by molar-refractivity contribution is -0.119. The van der Waals surface area contributed by atoms with Crippen LogP contribution in [0.5, 0.6) is 5.75 Å². The number of likely N-dealkylation sites (tertiary alicyclic amines) is 1. The molecule has 11 nitrogen and oxygen atoms in total. The largest absolute Gasteiger partial charge is 0.506 e. The molecule has 1 aromatic heterocycles. The summed E-state index contributed by atoms with van der Waals surface area (Å²) in [4.78, 5) is 57.1. The predicted octanol–water partition coefficient (Wildman–Crippen LogP) is 8.77. The van der Waals surface area contributed by atoms with Crippen LogP contribution in [-0.4, -0.2) is 70.7 Å². The molecule has 1 aliphatic heterocycles. The van der Waals surface area contributed by atoms with Gasteiger partial charge < -0.3 is 29.7 Å². The zero-order valence-corrected chi connectivity index (χ0v) is 35.1. The maximum absolute atomic E-state index is 13.1. The van der Waals surface area contributed by atoms with Gasteiger partial charge in [0.15, 0.2) is 0 Å². The number of amides is 2. The lowest BCUT2D eigenvalue weighted by Crippen LogP contribution is -2.40. The number of aromatic amines is 1. The summed E-state index contributed by atoms with van der Waals surface area (Å²) < 4.78 is 5.78. The van der Waals surface area contributed by atoms with Crippen LogP contribution in [0.2, 0.25) is 0 Å². The number of phenolic OH excluding ortho intramolecular Hbond substituents is 1. The molecule has 1 saturated heterocycles. The molecule has 0 spiro atoms. The lowest BCUT2D eigenvalue weighted by Gasteiger charge is -2.31. The van der Waals surface area contributed by atoms with Gasteiger partial charge in [0.05, 0.1) is 17.3 Å². The first kappa shape index (κ1) is 43.5. The second kappa shape index (κ2) is 20.8. The fraction of sp³-hybridized carbons (Fsp3) is 0.294. The second-order valence-corrected chi connectivity index (χ2v) is 16.1. The van der Waals surface area contributed by atoms with E-state index in [1.54, 1.807) is 24.1 Å². The summed E-state index contributed by atoms with van der Waals surface area (Å²) in [6.45, 7) is 2.12. The molecule has 2 heterocycles. The van der Waals surface area contributed by atoms with Crippen LogP contribution in [-0.2, 0) is 33.6 Å². The van der Waals surface area contributed by atoms with Gasteiger partial charge >= 0.3 is 6.09 Å². The zero-order chi connectivity index (χ0) is 43.4. The number of phenols is 1. The molecule has 1 fully saturated rings. The number of aryl methyl sites for hydroxylation is 2. The third-order valence-corrected chi connectivity index (χ3v) is 11.7. The maximum Gasteiger partial charge on any atom is 0.411 e. The number of fused-ring (bicyclic) bond motifs is 1. The first-order valence-electron chi connectivity index (χ1n) is 21.4. The first-order valence-corrected chi connectivity index (χ1v) is 21.4. The number of carbonyl (C=O) groups is 3. The Kier molecular flexibility index (Phi) is 14.6. The van der Waals surface area contributed by atoms with Gasteiger partial charge in [-0.25, -0.2) is 4.79 Å². The van der Waals surface area contributed by atoms with Gasteiger partial charge in [-0.05, 0) is 96.7 Å². The number of carbonyl (C=O) groups excluding carboxylic acids is 3. The quantitative estimate of drug-likeness (QED) is 0.0712. The Hall–Kier alpha value is -6.56. The van der Waals surface area contributed by atoms with Crippen molar-refractivity contribution in [1.29, 1.82) is 0 Å². The van der Waals surface area contributed by atoms with Gasteiger partial charge in [0.2, 0.25) is 11.5 Å². The summed E-state index contributed by atoms with van der Waals surface area (Å²) in [6.07, 6.45) is 3.80. The molecule has 1 atom stereocenters. The Morgan fingerprint density at radius 3 is 2.24 bits per heavy atom. The number of aromatic nitrogens is 1. The van der Waals surface area contributed by atoms with Gasteiger partial charge in [-0.15, -0.1) is 0 Å². The molecular formula is C51H54N4O7. The van der Waals surface area contributed by atoms with Crippen molar-refractivity contribution < 1.29 is 29.3 Å². The van der Waals surface area contributed by atoms with Crippen LogP contribution in [0.3, 0.4) is 0 Å². The Bertz CT molecular complexity index is 2510. The minimum absolute atomic E-state index is 0.0220. The SMILES string of the molecule is CN(C(=O)CCN1CCC(OC(=O)Nc2ccccc2-c2ccccc2)CC1)c1ccc(CCC(=O)Cc2ccc(CCC[C@H](O)c3ccc(O)c4[nH]c(=O)ccc34)cc2)cc1. The van der Waals surface area contributed by atoms with E-state index in [2.05, 4.69) is 15.2 Å². The number of ketones is 1. The highest BCUT2D eigenvalue weighted by atomic mass is 16.6. The number of H-pyrrole nitrogens is 1. The molecule has 0 radical (unpaired) electrons. The smallest absolute Gasteiger partial charge is 0.411 e. The Balaban J connectivity index is 0.776. The highest BCUT2D eigenvalue weighted by Gasteiger charge is 2.24. The van der Waals surface area contributed by atoms with Crippen molar-refractivity contribution in [2.24, 2.45) is 0 Å². The number of ether oxygens (including phenoxy) is 1. The average molecular weight is 835 g/mol. The van der Waals surface area contributed by atoms with Gasteiger partial charge in [-0.3, -0.25) is 19.7 Å². The normalized spacial score (nSPS) is 13.7. The molecule has 0 saturated carbocycles. The first-order chi connectivity index (χ1) is 30.1. The molecule has 6 aromatic rings. The number of anilines is 2. The van der Waals surface area contributed by atoms with E-state index in [1.807, 2.05) is 103 Å². The van der Waals surface area contributed by atoms with Crippen molar-refractivity contribution in [2.45, 2.75) is 70.0 Å². The maximum atomic E-state index is 13.1. The van der Waals surface area contributed by atoms with Crippen molar-refractivity contribution in [3.8, 4) is 16.9 Å². The molecule has 0 aliphatic carbocycles. The number of piperidine rings is 1. The van der Waals surface area contributed by atoms with Crippen molar-refractivity contribution in [3.63, 3.8) is 0 Å². The van der Waals surface area contributed by atoms with Crippen LogP contribution >= 0.6 is 0 Å². The average Bonchev–Trinajstić information content (AvgIpc) is 3.29. The van der Waals surface area contributed by atoms with E-state index in [1.165, 1.54) is 12.1 Å². The third-order valence-electron chi connectivity index (χ3n) is 11.7.